The van der Waals surface area contributed by atoms with Crippen molar-refractivity contribution in [3.05, 3.63) is 77.7 Å². The summed E-state index contributed by atoms with van der Waals surface area (Å²) in [7, 11) is 1.32. The highest BCUT2D eigenvalue weighted by Crippen LogP contribution is 2.31. The number of alkyl halides is 2. The second-order valence-electron chi connectivity index (χ2n) is 6.05. The fourth-order valence-corrected chi connectivity index (χ4v) is 2.71. The SMILES string of the molecule is COc1cc(C(=O)N(Cc2ccco2)c2ccc(C)cc2)ccc1OC(F)F. The lowest BCUT2D eigenvalue weighted by atomic mass is 10.1. The van der Waals surface area contributed by atoms with E-state index in [9.17, 15) is 13.6 Å². The van der Waals surface area contributed by atoms with E-state index in [1.54, 1.807) is 17.0 Å². The van der Waals surface area contributed by atoms with E-state index in [1.807, 2.05) is 31.2 Å². The monoisotopic (exact) mass is 387 g/mol. The van der Waals surface area contributed by atoms with Gasteiger partial charge >= 0.3 is 6.61 Å². The van der Waals surface area contributed by atoms with Crippen LogP contribution < -0.4 is 14.4 Å². The van der Waals surface area contributed by atoms with E-state index in [0.29, 0.717) is 11.4 Å². The number of ether oxygens (including phenoxy) is 2. The highest BCUT2D eigenvalue weighted by atomic mass is 19.3. The second kappa shape index (κ2) is 8.56. The van der Waals surface area contributed by atoms with Crippen LogP contribution in [0.2, 0.25) is 0 Å². The smallest absolute Gasteiger partial charge is 0.387 e. The Bertz CT molecular complexity index is 924. The van der Waals surface area contributed by atoms with Crippen LogP contribution >= 0.6 is 0 Å². The Morgan fingerprint density at radius 1 is 1.11 bits per heavy atom. The maximum atomic E-state index is 13.2. The molecule has 0 atom stereocenters. The van der Waals surface area contributed by atoms with Crippen LogP contribution in [0.15, 0.2) is 65.3 Å². The third kappa shape index (κ3) is 4.49. The van der Waals surface area contributed by atoms with Gasteiger partial charge in [0.05, 0.1) is 19.9 Å². The number of anilines is 1. The van der Waals surface area contributed by atoms with Crippen molar-refractivity contribution < 1.29 is 27.5 Å². The standard InChI is InChI=1S/C21H19F2NO4/c1-14-5-8-16(9-6-14)24(13-17-4-3-11-27-17)20(25)15-7-10-18(28-21(22)23)19(12-15)26-2/h3-12,21H,13H2,1-2H3. The number of carbonyl (C=O) groups is 1. The quantitative estimate of drug-likeness (QED) is 0.570. The number of amides is 1. The molecule has 0 aliphatic heterocycles. The summed E-state index contributed by atoms with van der Waals surface area (Å²) < 4.78 is 39.9. The zero-order valence-electron chi connectivity index (χ0n) is 15.4. The van der Waals surface area contributed by atoms with Gasteiger partial charge < -0.3 is 18.8 Å². The molecule has 0 bridgehead atoms. The summed E-state index contributed by atoms with van der Waals surface area (Å²) in [6.45, 7) is -0.819. The molecule has 0 saturated heterocycles. The van der Waals surface area contributed by atoms with Gasteiger partial charge in [-0.05, 0) is 49.4 Å². The van der Waals surface area contributed by atoms with Crippen LogP contribution in [0.3, 0.4) is 0 Å². The number of hydrogen-bond donors (Lipinski definition) is 0. The number of rotatable bonds is 7. The molecule has 0 unspecified atom stereocenters. The van der Waals surface area contributed by atoms with E-state index < -0.39 is 6.61 Å². The van der Waals surface area contributed by atoms with Gasteiger partial charge in [-0.2, -0.15) is 8.78 Å². The van der Waals surface area contributed by atoms with Crippen LogP contribution in [0.25, 0.3) is 0 Å². The molecule has 0 fully saturated rings. The molecule has 5 nitrogen and oxygen atoms in total. The average Bonchev–Trinajstić information content (AvgIpc) is 3.19. The Morgan fingerprint density at radius 2 is 1.86 bits per heavy atom. The molecule has 0 N–H and O–H groups in total. The predicted octanol–water partition coefficient (Wildman–Crippen LogP) is 5.05. The van der Waals surface area contributed by atoms with Gasteiger partial charge in [-0.25, -0.2) is 0 Å². The highest BCUT2D eigenvalue weighted by Gasteiger charge is 2.21. The van der Waals surface area contributed by atoms with Gasteiger partial charge in [-0.15, -0.1) is 0 Å². The van der Waals surface area contributed by atoms with Crippen molar-refractivity contribution in [2.75, 3.05) is 12.0 Å². The molecule has 2 aromatic carbocycles. The van der Waals surface area contributed by atoms with Crippen molar-refractivity contribution in [3.63, 3.8) is 0 Å². The summed E-state index contributed by atoms with van der Waals surface area (Å²) >= 11 is 0. The predicted molar refractivity (Wildman–Crippen MR) is 100 cm³/mol. The molecule has 1 heterocycles. The summed E-state index contributed by atoms with van der Waals surface area (Å²) in [6, 6.07) is 15.1. The van der Waals surface area contributed by atoms with Crippen molar-refractivity contribution in [1.82, 2.24) is 0 Å². The van der Waals surface area contributed by atoms with E-state index in [-0.39, 0.29) is 29.5 Å². The summed E-state index contributed by atoms with van der Waals surface area (Å²) in [5, 5.41) is 0. The first kappa shape index (κ1) is 19.4. The van der Waals surface area contributed by atoms with Crippen molar-refractivity contribution >= 4 is 11.6 Å². The first-order valence-electron chi connectivity index (χ1n) is 8.51. The lowest BCUT2D eigenvalue weighted by molar-refractivity contribution is -0.0512. The van der Waals surface area contributed by atoms with E-state index in [1.165, 1.54) is 31.6 Å². The zero-order valence-corrected chi connectivity index (χ0v) is 15.4. The topological polar surface area (TPSA) is 51.9 Å². The summed E-state index contributed by atoms with van der Waals surface area (Å²) in [6.07, 6.45) is 1.53. The second-order valence-corrected chi connectivity index (χ2v) is 6.05. The number of hydrogen-bond acceptors (Lipinski definition) is 4. The molecule has 28 heavy (non-hydrogen) atoms. The molecule has 3 aromatic rings. The maximum absolute atomic E-state index is 13.2. The van der Waals surface area contributed by atoms with E-state index in [2.05, 4.69) is 4.74 Å². The number of methoxy groups -OCH3 is 1. The van der Waals surface area contributed by atoms with Crippen molar-refractivity contribution in [1.29, 1.82) is 0 Å². The van der Waals surface area contributed by atoms with Crippen LogP contribution in [0.1, 0.15) is 21.7 Å². The Morgan fingerprint density at radius 3 is 2.46 bits per heavy atom. The third-order valence-corrected chi connectivity index (χ3v) is 4.11. The Kier molecular flexibility index (Phi) is 5.93. The molecular weight excluding hydrogens is 368 g/mol. The van der Waals surface area contributed by atoms with Crippen LogP contribution in [0, 0.1) is 6.92 Å². The molecule has 7 heteroatoms. The number of halogens is 2. The molecule has 146 valence electrons. The molecule has 0 aliphatic carbocycles. The van der Waals surface area contributed by atoms with Crippen LogP contribution in [-0.2, 0) is 6.54 Å². The van der Waals surface area contributed by atoms with E-state index in [4.69, 9.17) is 9.15 Å². The minimum Gasteiger partial charge on any atom is -0.493 e. The molecule has 1 amide bonds. The molecular formula is C21H19F2NO4. The normalized spacial score (nSPS) is 10.8. The number of aryl methyl sites for hydroxylation is 1. The summed E-state index contributed by atoms with van der Waals surface area (Å²) in [5.74, 6) is 0.190. The van der Waals surface area contributed by atoms with E-state index in [0.717, 1.165) is 5.56 Å². The summed E-state index contributed by atoms with van der Waals surface area (Å²) in [5.41, 5.74) is 2.01. The van der Waals surface area contributed by atoms with Crippen LogP contribution in [-0.4, -0.2) is 19.6 Å². The molecule has 3 rings (SSSR count). The van der Waals surface area contributed by atoms with Gasteiger partial charge in [0.1, 0.15) is 5.76 Å². The number of nitrogens with zero attached hydrogens (tertiary/aromatic N) is 1. The van der Waals surface area contributed by atoms with E-state index >= 15 is 0 Å². The van der Waals surface area contributed by atoms with Gasteiger partial charge in [0, 0.05) is 11.3 Å². The van der Waals surface area contributed by atoms with Crippen molar-refractivity contribution in [2.45, 2.75) is 20.1 Å². The fourth-order valence-electron chi connectivity index (χ4n) is 2.71. The van der Waals surface area contributed by atoms with Gasteiger partial charge in [-0.3, -0.25) is 4.79 Å². The maximum Gasteiger partial charge on any atom is 0.387 e. The van der Waals surface area contributed by atoms with Gasteiger partial charge in [0.25, 0.3) is 5.91 Å². The van der Waals surface area contributed by atoms with Gasteiger partial charge in [-0.1, -0.05) is 17.7 Å². The number of carbonyl (C=O) groups excluding carboxylic acids is 1. The highest BCUT2D eigenvalue weighted by molar-refractivity contribution is 6.06. The zero-order chi connectivity index (χ0) is 20.1. The van der Waals surface area contributed by atoms with Crippen LogP contribution in [0.4, 0.5) is 14.5 Å². The fraction of sp³-hybridized carbons (Fsp3) is 0.190. The number of furan rings is 1. The molecule has 1 aromatic heterocycles. The molecule has 0 aliphatic rings. The molecule has 0 spiro atoms. The minimum absolute atomic E-state index is 0.0491. The van der Waals surface area contributed by atoms with Gasteiger partial charge in [0.2, 0.25) is 0 Å². The van der Waals surface area contributed by atoms with Crippen molar-refractivity contribution in [2.24, 2.45) is 0 Å². The van der Waals surface area contributed by atoms with Gasteiger partial charge in [0.15, 0.2) is 11.5 Å². The average molecular weight is 387 g/mol. The lowest BCUT2D eigenvalue weighted by Gasteiger charge is -2.23. The minimum atomic E-state index is -2.99. The summed E-state index contributed by atoms with van der Waals surface area (Å²) in [4.78, 5) is 14.7. The third-order valence-electron chi connectivity index (χ3n) is 4.11. The Hall–Kier alpha value is -3.35. The largest absolute Gasteiger partial charge is 0.493 e. The Balaban J connectivity index is 1.95. The molecule has 0 saturated carbocycles. The Labute approximate surface area is 161 Å². The lowest BCUT2D eigenvalue weighted by Crippen LogP contribution is -2.30. The van der Waals surface area contributed by atoms with Crippen LogP contribution in [0.5, 0.6) is 11.5 Å². The molecule has 0 radical (unpaired) electrons. The first-order chi connectivity index (χ1) is 13.5. The first-order valence-corrected chi connectivity index (χ1v) is 8.51. The number of benzene rings is 2. The van der Waals surface area contributed by atoms with Crippen molar-refractivity contribution in [3.8, 4) is 11.5 Å².